The lowest BCUT2D eigenvalue weighted by Crippen LogP contribution is -2.29. The quantitative estimate of drug-likeness (QED) is 0.0360. The highest BCUT2D eigenvalue weighted by molar-refractivity contribution is 7.19. The van der Waals surface area contributed by atoms with Gasteiger partial charge in [0.05, 0.1) is 29.3 Å². The van der Waals surface area contributed by atoms with E-state index >= 15 is 0 Å². The average molecular weight is 1250 g/mol. The predicted molar refractivity (Wildman–Crippen MR) is 394 cm³/mol. The second kappa shape index (κ2) is 32.7. The van der Waals surface area contributed by atoms with E-state index in [0.29, 0.717) is 5.92 Å². The van der Waals surface area contributed by atoms with Crippen molar-refractivity contribution in [2.75, 3.05) is 0 Å². The largest absolute Gasteiger partial charge is 0.248 e. The number of fused-ring (bicyclic) bond motifs is 7. The smallest absolute Gasteiger partial charge is 0.122 e. The number of aromatic nitrogens is 5. The van der Waals surface area contributed by atoms with E-state index in [4.69, 9.17) is 20.2 Å². The van der Waals surface area contributed by atoms with Gasteiger partial charge in [-0.2, -0.15) is 15.0 Å². The van der Waals surface area contributed by atoms with Crippen LogP contribution in [0.4, 0.5) is 0 Å². The molecule has 0 amide bonds. The number of unbranched alkanes of at least 4 members (excludes halogenated alkanes) is 21. The molecule has 1 unspecified atom stereocenters. The van der Waals surface area contributed by atoms with Crippen molar-refractivity contribution >= 4 is 33.7 Å². The number of rotatable bonds is 39. The Morgan fingerprint density at radius 2 is 0.725 bits per heavy atom. The fourth-order valence-electron chi connectivity index (χ4n) is 15.6. The fraction of sp³-hybridized carbons (Fsp3) is 0.500. The zero-order valence-electron chi connectivity index (χ0n) is 56.7. The maximum absolute atomic E-state index is 6.32. The molecule has 4 heterocycles. The average Bonchev–Trinajstić information content (AvgIpc) is 1.53. The van der Waals surface area contributed by atoms with Crippen LogP contribution in [-0.2, 0) is 17.4 Å². The van der Waals surface area contributed by atoms with Crippen molar-refractivity contribution in [2.24, 2.45) is 5.92 Å². The van der Waals surface area contributed by atoms with Gasteiger partial charge in [0.2, 0.25) is 0 Å². The van der Waals surface area contributed by atoms with Crippen LogP contribution in [0.15, 0.2) is 133 Å². The first-order valence-corrected chi connectivity index (χ1v) is 38.4. The van der Waals surface area contributed by atoms with Crippen LogP contribution >= 0.6 is 22.7 Å². The summed E-state index contributed by atoms with van der Waals surface area (Å²) in [5.74, 6) is 0.543. The van der Waals surface area contributed by atoms with Crippen molar-refractivity contribution in [3.05, 3.63) is 156 Å². The number of nitrogens with zero attached hydrogens (tertiary/aromatic N) is 5. The molecular weight excluding hydrogens is 1140 g/mol. The first kappa shape index (κ1) is 66.4. The Morgan fingerprint density at radius 1 is 0.352 bits per heavy atom. The highest BCUT2D eigenvalue weighted by atomic mass is 32.1. The van der Waals surface area contributed by atoms with Crippen molar-refractivity contribution in [1.29, 1.82) is 0 Å². The van der Waals surface area contributed by atoms with Gasteiger partial charge < -0.3 is 0 Å². The number of benzene rings is 5. The molecule has 5 nitrogen and oxygen atoms in total. The van der Waals surface area contributed by atoms with E-state index in [9.17, 15) is 0 Å². The van der Waals surface area contributed by atoms with Crippen LogP contribution in [0.1, 0.15) is 270 Å². The van der Waals surface area contributed by atoms with Crippen LogP contribution in [0.25, 0.3) is 86.4 Å². The molecule has 4 aromatic heterocycles. The van der Waals surface area contributed by atoms with Gasteiger partial charge in [-0.05, 0) is 108 Å². The topological polar surface area (TPSA) is 56.5 Å². The summed E-state index contributed by atoms with van der Waals surface area (Å²) in [5.41, 5.74) is 19.6. The van der Waals surface area contributed by atoms with Crippen LogP contribution in [0.5, 0.6) is 0 Å². The molecule has 0 N–H and O–H groups in total. The number of thiophene rings is 2. The van der Waals surface area contributed by atoms with Crippen LogP contribution in [0, 0.1) is 5.92 Å². The highest BCUT2D eigenvalue weighted by Gasteiger charge is 2.50. The zero-order valence-corrected chi connectivity index (χ0v) is 58.3. The van der Waals surface area contributed by atoms with Gasteiger partial charge in [-0.25, -0.2) is 9.97 Å². The Bertz CT molecular complexity index is 3680. The minimum absolute atomic E-state index is 0.194. The van der Waals surface area contributed by atoms with Crippen molar-refractivity contribution < 1.29 is 0 Å². The van der Waals surface area contributed by atoms with Gasteiger partial charge >= 0.3 is 0 Å². The standard InChI is InChI=1S/C84H107N5S2/c1-7-13-18-22-26-36-55-83(56-37-27-23-19-14-8-2)71-59-65(63-41-32-30-33-42-63)45-47-67(71)79-81(83)86-80-68-48-46-66(60-72(68)84(82(80)85-79,57-38-28-24-20-15-9-3)58-39-29-25-21-16-10-4)74-52-54-76(91-74)70-50-49-69(75-53-51-73(90-75)64-43-34-31-35-44-64)77-78(70)88-89(87-77)61-62(12-6)40-17-11-5/h30-35,41-54,59-60,62H,7-29,36-40,55-58,61H2,1-6H3. The van der Waals surface area contributed by atoms with Crippen molar-refractivity contribution in [3.8, 4) is 75.4 Å². The van der Waals surface area contributed by atoms with Gasteiger partial charge in [0.1, 0.15) is 11.0 Å². The molecule has 0 spiro atoms. The molecule has 7 heteroatoms. The molecule has 0 aliphatic heterocycles. The van der Waals surface area contributed by atoms with Crippen molar-refractivity contribution in [3.63, 3.8) is 0 Å². The van der Waals surface area contributed by atoms with E-state index in [0.717, 1.165) is 55.2 Å². The summed E-state index contributed by atoms with van der Waals surface area (Å²) in [6.07, 6.45) is 40.0. The van der Waals surface area contributed by atoms with E-state index in [-0.39, 0.29) is 10.8 Å². The molecule has 0 saturated carbocycles. The normalized spacial score (nSPS) is 13.9. The molecule has 0 fully saturated rings. The van der Waals surface area contributed by atoms with Crippen molar-refractivity contribution in [1.82, 2.24) is 25.0 Å². The number of hydrogen-bond donors (Lipinski definition) is 0. The molecule has 0 radical (unpaired) electrons. The molecule has 1 atom stereocenters. The molecule has 2 aliphatic rings. The van der Waals surface area contributed by atoms with E-state index in [1.165, 1.54) is 266 Å². The molecule has 0 bridgehead atoms. The predicted octanol–water partition coefficient (Wildman–Crippen LogP) is 26.4. The SMILES string of the molecule is CCCCCCCCC1(CCCCCCCC)c2cc(-c3ccccc3)ccc2-c2nc3c(nc21)-c1ccc(-c2ccc(-c4ccc(-c5ccc(-c6ccccc6)s5)c5nn(CC(CC)CCCC)nc45)s2)cc1C3(CCCCCCCC)CCCCCCCC. The molecule has 5 aromatic carbocycles. The summed E-state index contributed by atoms with van der Waals surface area (Å²) in [4.78, 5) is 19.7. The number of hydrogen-bond acceptors (Lipinski definition) is 6. The Hall–Kier alpha value is -6.02. The molecule has 0 saturated heterocycles. The summed E-state index contributed by atoms with van der Waals surface area (Å²) in [6, 6.07) is 51.0. The molecule has 480 valence electrons. The Kier molecular flexibility index (Phi) is 23.9. The monoisotopic (exact) mass is 1250 g/mol. The summed E-state index contributed by atoms with van der Waals surface area (Å²) in [7, 11) is 0. The van der Waals surface area contributed by atoms with Gasteiger partial charge in [0.25, 0.3) is 0 Å². The third-order valence-electron chi connectivity index (χ3n) is 21.0. The van der Waals surface area contributed by atoms with Gasteiger partial charge in [-0.15, -0.1) is 22.7 Å². The van der Waals surface area contributed by atoms with Gasteiger partial charge in [-0.3, -0.25) is 0 Å². The minimum atomic E-state index is -0.234. The van der Waals surface area contributed by atoms with Crippen molar-refractivity contribution in [2.45, 2.75) is 264 Å². The van der Waals surface area contributed by atoms with Crippen LogP contribution < -0.4 is 0 Å². The first-order valence-electron chi connectivity index (χ1n) is 36.8. The molecule has 2 aliphatic carbocycles. The minimum Gasteiger partial charge on any atom is -0.248 e. The molecule has 91 heavy (non-hydrogen) atoms. The van der Waals surface area contributed by atoms with Crippen LogP contribution in [0.3, 0.4) is 0 Å². The van der Waals surface area contributed by atoms with Gasteiger partial charge in [0, 0.05) is 52.6 Å². The summed E-state index contributed by atoms with van der Waals surface area (Å²) in [5, 5.41) is 10.8. The van der Waals surface area contributed by atoms with E-state index in [1.54, 1.807) is 0 Å². The lowest BCUT2D eigenvalue weighted by molar-refractivity contribution is 0.351. The van der Waals surface area contributed by atoms with E-state index in [1.807, 2.05) is 27.5 Å². The summed E-state index contributed by atoms with van der Waals surface area (Å²) >= 11 is 3.76. The Morgan fingerprint density at radius 3 is 1.16 bits per heavy atom. The van der Waals surface area contributed by atoms with Gasteiger partial charge in [0.15, 0.2) is 0 Å². The molecule has 9 aromatic rings. The third kappa shape index (κ3) is 15.2. The summed E-state index contributed by atoms with van der Waals surface area (Å²) < 4.78 is 0. The maximum atomic E-state index is 6.32. The van der Waals surface area contributed by atoms with Crippen LogP contribution in [-0.4, -0.2) is 25.0 Å². The highest BCUT2D eigenvalue weighted by Crippen LogP contribution is 2.59. The fourth-order valence-corrected chi connectivity index (χ4v) is 17.7. The second-order valence-corrected chi connectivity index (χ2v) is 29.6. The third-order valence-corrected chi connectivity index (χ3v) is 23.3. The van der Waals surface area contributed by atoms with E-state index in [2.05, 4.69) is 175 Å². The first-order chi connectivity index (χ1) is 44.9. The second-order valence-electron chi connectivity index (χ2n) is 27.5. The lowest BCUT2D eigenvalue weighted by atomic mass is 9.71. The maximum Gasteiger partial charge on any atom is 0.122 e. The zero-order chi connectivity index (χ0) is 62.8. The lowest BCUT2D eigenvalue weighted by Gasteiger charge is -2.33. The molecular formula is C84H107N5S2. The van der Waals surface area contributed by atoms with Crippen LogP contribution in [0.2, 0.25) is 0 Å². The molecule has 11 rings (SSSR count). The Balaban J connectivity index is 1.03. The Labute approximate surface area is 556 Å². The van der Waals surface area contributed by atoms with Gasteiger partial charge in [-0.1, -0.05) is 312 Å². The van der Waals surface area contributed by atoms with E-state index < -0.39 is 0 Å². The summed E-state index contributed by atoms with van der Waals surface area (Å²) in [6.45, 7) is 14.8.